The molecule has 1 aromatic heterocycles. The minimum absolute atomic E-state index is 0.00682. The first-order valence-corrected chi connectivity index (χ1v) is 8.38. The van der Waals surface area contributed by atoms with Crippen molar-refractivity contribution >= 4 is 34.1 Å². The van der Waals surface area contributed by atoms with Gasteiger partial charge in [-0.3, -0.25) is 4.79 Å². The van der Waals surface area contributed by atoms with Gasteiger partial charge in [0, 0.05) is 23.5 Å². The maximum absolute atomic E-state index is 11.8. The van der Waals surface area contributed by atoms with Crippen LogP contribution in [0.15, 0.2) is 35.2 Å². The number of thioether (sulfide) groups is 1. The Hall–Kier alpha value is -1.40. The molecule has 0 fully saturated rings. The number of anilines is 1. The van der Waals surface area contributed by atoms with Crippen molar-refractivity contribution in [2.75, 3.05) is 11.1 Å². The summed E-state index contributed by atoms with van der Waals surface area (Å²) in [4.78, 5) is 13.0. The Morgan fingerprint density at radius 2 is 2.10 bits per heavy atom. The summed E-state index contributed by atoms with van der Waals surface area (Å²) in [5, 5.41) is 12.4. The first-order valence-electron chi connectivity index (χ1n) is 6.58. The highest BCUT2D eigenvalue weighted by atomic mass is 32.2. The highest BCUT2D eigenvalue weighted by Crippen LogP contribution is 2.19. The van der Waals surface area contributed by atoms with E-state index in [4.69, 9.17) is 0 Å². The Labute approximate surface area is 127 Å². The van der Waals surface area contributed by atoms with Gasteiger partial charge in [-0.15, -0.1) is 22.0 Å². The summed E-state index contributed by atoms with van der Waals surface area (Å²) in [6.07, 6.45) is 2.43. The zero-order chi connectivity index (χ0) is 14.2. The van der Waals surface area contributed by atoms with E-state index in [2.05, 4.69) is 22.4 Å². The molecule has 0 aliphatic rings. The number of carbonyl (C=O) groups is 1. The second-order valence-electron chi connectivity index (χ2n) is 4.21. The number of hydrogen-bond donors (Lipinski definition) is 1. The van der Waals surface area contributed by atoms with Crippen LogP contribution in [-0.2, 0) is 11.2 Å². The van der Waals surface area contributed by atoms with Crippen LogP contribution in [0.3, 0.4) is 0 Å². The fourth-order valence-electron chi connectivity index (χ4n) is 1.58. The predicted molar refractivity (Wildman–Crippen MR) is 84.3 cm³/mol. The smallest absolute Gasteiger partial charge is 0.227 e. The lowest BCUT2D eigenvalue weighted by molar-refractivity contribution is -0.115. The second-order valence-corrected chi connectivity index (χ2v) is 6.44. The standard InChI is InChI=1S/C14H17N3OS2/c1-2-6-13-16-17-14(20-13)15-12(18)9-10-19-11-7-4-3-5-8-11/h3-5,7-8H,2,6,9-10H2,1H3,(H,15,17,18). The molecule has 0 bridgehead atoms. The summed E-state index contributed by atoms with van der Waals surface area (Å²) in [7, 11) is 0. The predicted octanol–water partition coefficient (Wildman–Crippen LogP) is 3.61. The van der Waals surface area contributed by atoms with Gasteiger partial charge in [0.1, 0.15) is 5.01 Å². The van der Waals surface area contributed by atoms with Crippen molar-refractivity contribution in [3.8, 4) is 0 Å². The van der Waals surface area contributed by atoms with E-state index >= 15 is 0 Å². The van der Waals surface area contributed by atoms with Crippen LogP contribution < -0.4 is 5.32 Å². The lowest BCUT2D eigenvalue weighted by Gasteiger charge is -2.01. The number of aryl methyl sites for hydroxylation is 1. The molecule has 0 saturated carbocycles. The fraction of sp³-hybridized carbons (Fsp3) is 0.357. The number of benzene rings is 1. The average Bonchev–Trinajstić information content (AvgIpc) is 2.88. The van der Waals surface area contributed by atoms with E-state index in [0.29, 0.717) is 11.6 Å². The summed E-state index contributed by atoms with van der Waals surface area (Å²) < 4.78 is 0. The second kappa shape index (κ2) is 8.01. The van der Waals surface area contributed by atoms with Gasteiger partial charge in [-0.25, -0.2) is 0 Å². The van der Waals surface area contributed by atoms with Crippen LogP contribution in [0.4, 0.5) is 5.13 Å². The Bertz CT molecular complexity index is 542. The number of carbonyl (C=O) groups excluding carboxylic acids is 1. The third kappa shape index (κ3) is 4.94. The fourth-order valence-corrected chi connectivity index (χ4v) is 3.31. The van der Waals surface area contributed by atoms with Gasteiger partial charge in [0.2, 0.25) is 11.0 Å². The third-order valence-corrected chi connectivity index (χ3v) is 4.43. The van der Waals surface area contributed by atoms with Crippen molar-refractivity contribution in [1.82, 2.24) is 10.2 Å². The van der Waals surface area contributed by atoms with Gasteiger partial charge in [0.05, 0.1) is 0 Å². The van der Waals surface area contributed by atoms with Crippen molar-refractivity contribution < 1.29 is 4.79 Å². The van der Waals surface area contributed by atoms with Crippen molar-refractivity contribution in [1.29, 1.82) is 0 Å². The molecular formula is C14H17N3OS2. The summed E-state index contributed by atoms with van der Waals surface area (Å²) in [5.74, 6) is 0.754. The Balaban J connectivity index is 1.72. The molecule has 106 valence electrons. The minimum Gasteiger partial charge on any atom is -0.301 e. The molecule has 6 heteroatoms. The van der Waals surface area contributed by atoms with Crippen LogP contribution in [-0.4, -0.2) is 21.9 Å². The van der Waals surface area contributed by atoms with Gasteiger partial charge in [0.15, 0.2) is 0 Å². The third-order valence-electron chi connectivity index (χ3n) is 2.52. The van der Waals surface area contributed by atoms with E-state index in [1.807, 2.05) is 30.3 Å². The van der Waals surface area contributed by atoms with E-state index in [-0.39, 0.29) is 5.91 Å². The van der Waals surface area contributed by atoms with E-state index in [1.54, 1.807) is 11.8 Å². The monoisotopic (exact) mass is 307 g/mol. The number of amides is 1. The van der Waals surface area contributed by atoms with Gasteiger partial charge in [-0.1, -0.05) is 36.5 Å². The molecule has 0 aliphatic heterocycles. The first kappa shape index (κ1) is 15.0. The average molecular weight is 307 g/mol. The summed E-state index contributed by atoms with van der Waals surface area (Å²) >= 11 is 3.13. The van der Waals surface area contributed by atoms with Crippen LogP contribution in [0.25, 0.3) is 0 Å². The number of nitrogens with one attached hydrogen (secondary N) is 1. The van der Waals surface area contributed by atoms with Gasteiger partial charge in [-0.2, -0.15) is 0 Å². The molecule has 2 rings (SSSR count). The van der Waals surface area contributed by atoms with E-state index < -0.39 is 0 Å². The molecule has 20 heavy (non-hydrogen) atoms. The highest BCUT2D eigenvalue weighted by Gasteiger charge is 2.07. The van der Waals surface area contributed by atoms with Gasteiger partial charge in [0.25, 0.3) is 0 Å². The van der Waals surface area contributed by atoms with Gasteiger partial charge < -0.3 is 5.32 Å². The molecule has 0 unspecified atom stereocenters. The molecule has 1 aromatic carbocycles. The molecule has 4 nitrogen and oxygen atoms in total. The largest absolute Gasteiger partial charge is 0.301 e. The van der Waals surface area contributed by atoms with Crippen molar-refractivity contribution in [3.63, 3.8) is 0 Å². The zero-order valence-corrected chi connectivity index (χ0v) is 13.0. The topological polar surface area (TPSA) is 54.9 Å². The van der Waals surface area contributed by atoms with Crippen LogP contribution in [0.5, 0.6) is 0 Å². The SMILES string of the molecule is CCCc1nnc(NC(=O)CCSc2ccccc2)s1. The Kier molecular flexibility index (Phi) is 6.01. The van der Waals surface area contributed by atoms with E-state index in [0.717, 1.165) is 23.6 Å². The van der Waals surface area contributed by atoms with Crippen molar-refractivity contribution in [2.45, 2.75) is 31.1 Å². The van der Waals surface area contributed by atoms with Gasteiger partial charge in [-0.05, 0) is 18.6 Å². The minimum atomic E-state index is -0.00682. The Morgan fingerprint density at radius 3 is 2.85 bits per heavy atom. The highest BCUT2D eigenvalue weighted by molar-refractivity contribution is 7.99. The van der Waals surface area contributed by atoms with Crippen molar-refractivity contribution in [3.05, 3.63) is 35.3 Å². The maximum Gasteiger partial charge on any atom is 0.227 e. The van der Waals surface area contributed by atoms with Crippen LogP contribution in [0.1, 0.15) is 24.8 Å². The molecule has 0 aliphatic carbocycles. The zero-order valence-electron chi connectivity index (χ0n) is 11.3. The van der Waals surface area contributed by atoms with E-state index in [9.17, 15) is 4.79 Å². The molecule has 1 amide bonds. The Morgan fingerprint density at radius 1 is 1.30 bits per heavy atom. The summed E-state index contributed by atoms with van der Waals surface area (Å²) in [6.45, 7) is 2.10. The normalized spacial score (nSPS) is 10.4. The van der Waals surface area contributed by atoms with Gasteiger partial charge >= 0.3 is 0 Å². The number of aromatic nitrogens is 2. The molecule has 1 heterocycles. The molecule has 0 spiro atoms. The quantitative estimate of drug-likeness (QED) is 0.794. The first-order chi connectivity index (χ1) is 9.78. The molecule has 0 radical (unpaired) electrons. The summed E-state index contributed by atoms with van der Waals surface area (Å²) in [6, 6.07) is 10.1. The number of nitrogens with zero attached hydrogens (tertiary/aromatic N) is 2. The van der Waals surface area contributed by atoms with Crippen LogP contribution in [0, 0.1) is 0 Å². The maximum atomic E-state index is 11.8. The summed E-state index contributed by atoms with van der Waals surface area (Å²) in [5.41, 5.74) is 0. The number of rotatable bonds is 7. The molecular weight excluding hydrogens is 290 g/mol. The molecule has 0 saturated heterocycles. The van der Waals surface area contributed by atoms with Crippen LogP contribution in [0.2, 0.25) is 0 Å². The molecule has 1 N–H and O–H groups in total. The van der Waals surface area contributed by atoms with E-state index in [1.165, 1.54) is 16.2 Å². The lowest BCUT2D eigenvalue weighted by atomic mass is 10.4. The number of hydrogen-bond acceptors (Lipinski definition) is 5. The van der Waals surface area contributed by atoms with Crippen molar-refractivity contribution in [2.24, 2.45) is 0 Å². The lowest BCUT2D eigenvalue weighted by Crippen LogP contribution is -2.11. The molecule has 0 atom stereocenters. The molecule has 2 aromatic rings. The van der Waals surface area contributed by atoms with Crippen LogP contribution >= 0.6 is 23.1 Å².